The summed E-state index contributed by atoms with van der Waals surface area (Å²) in [5.41, 5.74) is 5.02. The number of halogens is 1. The molecule has 1 heteroatoms. The quantitative estimate of drug-likeness (QED) is 0.715. The van der Waals surface area contributed by atoms with Crippen LogP contribution in [0, 0.1) is 12.7 Å². The van der Waals surface area contributed by atoms with Gasteiger partial charge in [-0.2, -0.15) is 0 Å². The molecule has 0 atom stereocenters. The lowest BCUT2D eigenvalue weighted by Crippen LogP contribution is -1.96. The highest BCUT2D eigenvalue weighted by molar-refractivity contribution is 5.80. The molecule has 0 unspecified atom stereocenters. The van der Waals surface area contributed by atoms with E-state index in [1.807, 2.05) is 6.07 Å². The second-order valence-electron chi connectivity index (χ2n) is 5.32. The summed E-state index contributed by atoms with van der Waals surface area (Å²) < 4.78 is 13.9. The lowest BCUT2D eigenvalue weighted by atomic mass is 9.91. The Morgan fingerprint density at radius 1 is 1.11 bits per heavy atom. The molecule has 1 fully saturated rings. The first-order valence-electron chi connectivity index (χ1n) is 6.71. The molecule has 0 spiro atoms. The first kappa shape index (κ1) is 12.2. The molecule has 3 rings (SSSR count). The maximum absolute atomic E-state index is 13.9. The molecule has 0 nitrogen and oxygen atoms in total. The number of hydrogen-bond donors (Lipinski definition) is 0. The topological polar surface area (TPSA) is 0 Å². The van der Waals surface area contributed by atoms with Crippen molar-refractivity contribution in [3.63, 3.8) is 0 Å². The second kappa shape index (κ2) is 4.65. The zero-order valence-corrected chi connectivity index (χ0v) is 11.1. The van der Waals surface area contributed by atoms with Crippen LogP contribution in [-0.4, -0.2) is 0 Å². The highest BCUT2D eigenvalue weighted by atomic mass is 19.1. The Balaban J connectivity index is 2.09. The van der Waals surface area contributed by atoms with Gasteiger partial charge in [0.05, 0.1) is 0 Å². The fourth-order valence-corrected chi connectivity index (χ4v) is 2.53. The summed E-state index contributed by atoms with van der Waals surface area (Å²) in [6.07, 6.45) is 2.47. The van der Waals surface area contributed by atoms with E-state index in [0.29, 0.717) is 11.5 Å². The second-order valence-corrected chi connectivity index (χ2v) is 5.32. The van der Waals surface area contributed by atoms with Gasteiger partial charge < -0.3 is 0 Å². The van der Waals surface area contributed by atoms with Crippen molar-refractivity contribution in [3.8, 4) is 0 Å². The van der Waals surface area contributed by atoms with Crippen LogP contribution < -0.4 is 0 Å². The van der Waals surface area contributed by atoms with Crippen LogP contribution in [0.1, 0.15) is 41.0 Å². The molecule has 1 aliphatic rings. The third-order valence-electron chi connectivity index (χ3n) is 3.75. The van der Waals surface area contributed by atoms with Crippen molar-refractivity contribution in [1.82, 2.24) is 0 Å². The average molecular weight is 252 g/mol. The van der Waals surface area contributed by atoms with E-state index in [9.17, 15) is 4.39 Å². The van der Waals surface area contributed by atoms with Crippen LogP contribution in [0.4, 0.5) is 4.39 Å². The summed E-state index contributed by atoms with van der Waals surface area (Å²) >= 11 is 0. The first-order chi connectivity index (χ1) is 9.16. The van der Waals surface area contributed by atoms with Crippen molar-refractivity contribution >= 4 is 5.57 Å². The van der Waals surface area contributed by atoms with Crippen LogP contribution in [-0.2, 0) is 0 Å². The van der Waals surface area contributed by atoms with Gasteiger partial charge in [-0.3, -0.25) is 0 Å². The number of benzene rings is 2. The fraction of sp³-hybridized carbons (Fsp3) is 0.222. The van der Waals surface area contributed by atoms with Crippen molar-refractivity contribution in [3.05, 3.63) is 77.1 Å². The molecule has 0 heterocycles. The maximum atomic E-state index is 13.9. The number of hydrogen-bond acceptors (Lipinski definition) is 0. The van der Waals surface area contributed by atoms with Crippen LogP contribution in [0.3, 0.4) is 0 Å². The fourth-order valence-electron chi connectivity index (χ4n) is 2.53. The van der Waals surface area contributed by atoms with Gasteiger partial charge in [0.25, 0.3) is 0 Å². The number of rotatable bonds is 3. The van der Waals surface area contributed by atoms with Gasteiger partial charge in [-0.1, -0.05) is 48.5 Å². The molecule has 19 heavy (non-hydrogen) atoms. The van der Waals surface area contributed by atoms with Crippen LogP contribution >= 0.6 is 0 Å². The minimum absolute atomic E-state index is 0.198. The average Bonchev–Trinajstić information content (AvgIpc) is 3.23. The third kappa shape index (κ3) is 2.33. The van der Waals surface area contributed by atoms with E-state index in [1.54, 1.807) is 12.1 Å². The normalized spacial score (nSPS) is 14.4. The Morgan fingerprint density at radius 3 is 2.53 bits per heavy atom. The van der Waals surface area contributed by atoms with E-state index in [0.717, 1.165) is 11.1 Å². The van der Waals surface area contributed by atoms with Crippen LogP contribution in [0.25, 0.3) is 5.57 Å². The Kier molecular flexibility index (Phi) is 2.98. The van der Waals surface area contributed by atoms with Gasteiger partial charge in [0.15, 0.2) is 0 Å². The molecule has 0 aliphatic heterocycles. The molecule has 2 aromatic rings. The zero-order valence-electron chi connectivity index (χ0n) is 11.1. The van der Waals surface area contributed by atoms with Crippen LogP contribution in [0.5, 0.6) is 0 Å². The summed E-state index contributed by atoms with van der Waals surface area (Å²) in [7, 11) is 0. The molecule has 0 bridgehead atoms. The summed E-state index contributed by atoms with van der Waals surface area (Å²) in [5, 5.41) is 0. The summed E-state index contributed by atoms with van der Waals surface area (Å²) in [4.78, 5) is 0. The van der Waals surface area contributed by atoms with Crippen LogP contribution in [0.2, 0.25) is 0 Å². The third-order valence-corrected chi connectivity index (χ3v) is 3.75. The maximum Gasteiger partial charge on any atom is 0.131 e. The first-order valence-corrected chi connectivity index (χ1v) is 6.71. The lowest BCUT2D eigenvalue weighted by Gasteiger charge is -2.13. The zero-order chi connectivity index (χ0) is 13.4. The summed E-state index contributed by atoms with van der Waals surface area (Å²) in [6, 6.07) is 13.3. The molecule has 96 valence electrons. The SMILES string of the molecule is C=C(c1ccccc1F)c1cc(C)ccc1C1CC1. The molecule has 0 saturated heterocycles. The van der Waals surface area contributed by atoms with Crippen molar-refractivity contribution in [2.75, 3.05) is 0 Å². The monoisotopic (exact) mass is 252 g/mol. The Hall–Kier alpha value is -1.89. The van der Waals surface area contributed by atoms with E-state index in [4.69, 9.17) is 0 Å². The van der Waals surface area contributed by atoms with Gasteiger partial charge in [0, 0.05) is 5.56 Å². The molecule has 0 aromatic heterocycles. The number of aryl methyl sites for hydroxylation is 1. The minimum Gasteiger partial charge on any atom is -0.206 e. The van der Waals surface area contributed by atoms with E-state index < -0.39 is 0 Å². The molecule has 0 N–H and O–H groups in total. The van der Waals surface area contributed by atoms with E-state index >= 15 is 0 Å². The van der Waals surface area contributed by atoms with Gasteiger partial charge >= 0.3 is 0 Å². The Bertz CT molecular complexity index is 636. The van der Waals surface area contributed by atoms with E-state index in [-0.39, 0.29) is 5.82 Å². The predicted molar refractivity (Wildman–Crippen MR) is 77.7 cm³/mol. The predicted octanol–water partition coefficient (Wildman–Crippen LogP) is 5.07. The molecule has 1 aliphatic carbocycles. The Labute approximate surface area is 113 Å². The molecule has 0 amide bonds. The smallest absolute Gasteiger partial charge is 0.131 e. The van der Waals surface area contributed by atoms with Gasteiger partial charge in [-0.25, -0.2) is 4.39 Å². The summed E-state index contributed by atoms with van der Waals surface area (Å²) in [5.74, 6) is 0.440. The minimum atomic E-state index is -0.198. The highest BCUT2D eigenvalue weighted by Crippen LogP contribution is 2.44. The van der Waals surface area contributed by atoms with Gasteiger partial charge in [-0.05, 0) is 48.4 Å². The van der Waals surface area contributed by atoms with Gasteiger partial charge in [-0.15, -0.1) is 0 Å². The molecular formula is C18H17F. The van der Waals surface area contributed by atoms with E-state index in [2.05, 4.69) is 31.7 Å². The largest absolute Gasteiger partial charge is 0.206 e. The van der Waals surface area contributed by atoms with Crippen LogP contribution in [0.15, 0.2) is 49.0 Å². The molecule has 1 saturated carbocycles. The highest BCUT2D eigenvalue weighted by Gasteiger charge is 2.27. The molecule has 2 aromatic carbocycles. The standard InChI is InChI=1S/C18H17F/c1-12-7-10-16(14-8-9-14)17(11-12)13(2)15-5-3-4-6-18(15)19/h3-7,10-11,14H,2,8-9H2,1H3. The lowest BCUT2D eigenvalue weighted by molar-refractivity contribution is 0.624. The molecule has 0 radical (unpaired) electrons. The van der Waals surface area contributed by atoms with Crippen molar-refractivity contribution in [2.45, 2.75) is 25.7 Å². The van der Waals surface area contributed by atoms with Crippen molar-refractivity contribution in [1.29, 1.82) is 0 Å². The Morgan fingerprint density at radius 2 is 1.84 bits per heavy atom. The van der Waals surface area contributed by atoms with Crippen molar-refractivity contribution in [2.24, 2.45) is 0 Å². The van der Waals surface area contributed by atoms with Gasteiger partial charge in [0.1, 0.15) is 5.82 Å². The van der Waals surface area contributed by atoms with Gasteiger partial charge in [0.2, 0.25) is 0 Å². The van der Waals surface area contributed by atoms with E-state index in [1.165, 1.54) is 30.0 Å². The van der Waals surface area contributed by atoms with Crippen molar-refractivity contribution < 1.29 is 4.39 Å². The summed E-state index contributed by atoms with van der Waals surface area (Å²) in [6.45, 7) is 6.19. The molecular weight excluding hydrogens is 235 g/mol.